The zero-order chi connectivity index (χ0) is 23.4. The van der Waals surface area contributed by atoms with Crippen LogP contribution in [0.3, 0.4) is 0 Å². The van der Waals surface area contributed by atoms with Crippen LogP contribution >= 0.6 is 0 Å². The molecule has 33 heavy (non-hydrogen) atoms. The summed E-state index contributed by atoms with van der Waals surface area (Å²) in [5, 5.41) is 3.36. The number of rotatable bonds is 8. The van der Waals surface area contributed by atoms with Crippen LogP contribution in [-0.2, 0) is 9.59 Å². The lowest BCUT2D eigenvalue weighted by Crippen LogP contribution is -2.43. The second-order valence-corrected chi connectivity index (χ2v) is 8.96. The van der Waals surface area contributed by atoms with Crippen LogP contribution in [0.2, 0.25) is 0 Å². The second kappa shape index (κ2) is 10.3. The quantitative estimate of drug-likeness (QED) is 0.617. The first-order valence-corrected chi connectivity index (χ1v) is 11.8. The average molecular weight is 452 g/mol. The van der Waals surface area contributed by atoms with Crippen molar-refractivity contribution < 1.29 is 14.3 Å². The zero-order valence-corrected chi connectivity index (χ0v) is 19.7. The molecule has 0 aliphatic carbocycles. The van der Waals surface area contributed by atoms with E-state index < -0.39 is 6.04 Å². The molecule has 8 nitrogen and oxygen atoms in total. The number of piperidine rings is 1. The fraction of sp³-hybridized carbons (Fsp3) is 0.520. The summed E-state index contributed by atoms with van der Waals surface area (Å²) < 4.78 is 5.59. The van der Waals surface area contributed by atoms with Crippen molar-refractivity contribution in [2.24, 2.45) is 5.92 Å². The van der Waals surface area contributed by atoms with E-state index in [1.165, 1.54) is 4.90 Å². The highest BCUT2D eigenvalue weighted by atomic mass is 16.5. The predicted molar refractivity (Wildman–Crippen MR) is 128 cm³/mol. The van der Waals surface area contributed by atoms with Crippen molar-refractivity contribution in [3.63, 3.8) is 0 Å². The van der Waals surface area contributed by atoms with Gasteiger partial charge >= 0.3 is 0 Å². The lowest BCUT2D eigenvalue weighted by Gasteiger charge is -2.32. The Morgan fingerprint density at radius 3 is 2.36 bits per heavy atom. The van der Waals surface area contributed by atoms with Crippen LogP contribution in [0.1, 0.15) is 44.0 Å². The molecular weight excluding hydrogens is 418 g/mol. The van der Waals surface area contributed by atoms with E-state index >= 15 is 0 Å². The molecule has 2 aliphatic rings. The zero-order valence-electron chi connectivity index (χ0n) is 19.7. The number of nitrogens with one attached hydrogen (secondary N) is 1. The Morgan fingerprint density at radius 1 is 1.06 bits per heavy atom. The van der Waals surface area contributed by atoms with Crippen LogP contribution in [0.25, 0.3) is 0 Å². The molecule has 1 atom stereocenters. The third-order valence-electron chi connectivity index (χ3n) is 6.24. The number of nitrogens with zero attached hydrogens (tertiary/aromatic N) is 4. The molecule has 2 fully saturated rings. The van der Waals surface area contributed by atoms with E-state index in [9.17, 15) is 9.59 Å². The minimum absolute atomic E-state index is 0.165. The van der Waals surface area contributed by atoms with Gasteiger partial charge in [-0.25, -0.2) is 14.9 Å². The van der Waals surface area contributed by atoms with Gasteiger partial charge in [0.25, 0.3) is 5.91 Å². The highest BCUT2D eigenvalue weighted by molar-refractivity contribution is 6.22. The van der Waals surface area contributed by atoms with Gasteiger partial charge in [0.2, 0.25) is 11.9 Å². The maximum atomic E-state index is 12.9. The SMILES string of the molecule is CCCOc1ccc(N2C(=O)C[C@@H](NCC3CCN(c4nc(C)cc(C)n4)CC3)C2=O)cc1. The third kappa shape index (κ3) is 5.50. The van der Waals surface area contributed by atoms with Crippen LogP contribution in [-0.4, -0.2) is 54.1 Å². The molecule has 1 N–H and O–H groups in total. The van der Waals surface area contributed by atoms with Crippen molar-refractivity contribution in [1.29, 1.82) is 0 Å². The molecule has 0 spiro atoms. The van der Waals surface area contributed by atoms with Crippen molar-refractivity contribution in [1.82, 2.24) is 15.3 Å². The van der Waals surface area contributed by atoms with Crippen LogP contribution in [0.15, 0.2) is 30.3 Å². The number of hydrogen-bond acceptors (Lipinski definition) is 7. The van der Waals surface area contributed by atoms with Gasteiger partial charge < -0.3 is 15.0 Å². The normalized spacial score (nSPS) is 19.4. The van der Waals surface area contributed by atoms with Crippen LogP contribution in [0.5, 0.6) is 5.75 Å². The van der Waals surface area contributed by atoms with Crippen molar-refractivity contribution in [3.05, 3.63) is 41.7 Å². The van der Waals surface area contributed by atoms with Gasteiger partial charge in [0.05, 0.1) is 24.8 Å². The van der Waals surface area contributed by atoms with Gasteiger partial charge in [-0.2, -0.15) is 0 Å². The van der Waals surface area contributed by atoms with Crippen molar-refractivity contribution in [2.45, 2.75) is 52.5 Å². The van der Waals surface area contributed by atoms with Crippen molar-refractivity contribution in [2.75, 3.05) is 36.0 Å². The molecular formula is C25H33N5O3. The highest BCUT2D eigenvalue weighted by Crippen LogP contribution is 2.26. The summed E-state index contributed by atoms with van der Waals surface area (Å²) in [6, 6.07) is 8.67. The molecule has 2 saturated heterocycles. The van der Waals surface area contributed by atoms with Crippen LogP contribution < -0.4 is 19.9 Å². The fourth-order valence-corrected chi connectivity index (χ4v) is 4.47. The summed E-state index contributed by atoms with van der Waals surface area (Å²) in [5.41, 5.74) is 2.57. The lowest BCUT2D eigenvalue weighted by atomic mass is 9.96. The number of carbonyl (C=O) groups excluding carboxylic acids is 2. The summed E-state index contributed by atoms with van der Waals surface area (Å²) in [6.07, 6.45) is 3.13. The number of aryl methyl sites for hydroxylation is 2. The molecule has 0 saturated carbocycles. The topological polar surface area (TPSA) is 87.7 Å². The first-order valence-electron chi connectivity index (χ1n) is 11.8. The van der Waals surface area contributed by atoms with Gasteiger partial charge in [0.1, 0.15) is 5.75 Å². The average Bonchev–Trinajstić information content (AvgIpc) is 3.09. The number of amides is 2. The van der Waals surface area contributed by atoms with Gasteiger partial charge in [0, 0.05) is 24.5 Å². The first-order chi connectivity index (χ1) is 15.9. The first kappa shape index (κ1) is 23.2. The molecule has 4 rings (SSSR count). The van der Waals surface area contributed by atoms with E-state index in [1.807, 2.05) is 26.8 Å². The molecule has 0 bridgehead atoms. The van der Waals surface area contributed by atoms with E-state index in [-0.39, 0.29) is 18.2 Å². The Kier molecular flexibility index (Phi) is 7.23. The van der Waals surface area contributed by atoms with Gasteiger partial charge in [-0.1, -0.05) is 6.92 Å². The number of carbonyl (C=O) groups is 2. The highest BCUT2D eigenvalue weighted by Gasteiger charge is 2.39. The Labute approximate surface area is 195 Å². The van der Waals surface area contributed by atoms with E-state index in [4.69, 9.17) is 4.74 Å². The Hall–Kier alpha value is -3.00. The summed E-state index contributed by atoms with van der Waals surface area (Å²) in [6.45, 7) is 9.19. The molecule has 2 aromatic rings. The molecule has 1 aromatic heterocycles. The third-order valence-corrected chi connectivity index (χ3v) is 6.24. The minimum Gasteiger partial charge on any atom is -0.494 e. The van der Waals surface area contributed by atoms with E-state index in [0.717, 1.165) is 62.0 Å². The van der Waals surface area contributed by atoms with Gasteiger partial charge in [-0.15, -0.1) is 0 Å². The second-order valence-electron chi connectivity index (χ2n) is 8.96. The fourth-order valence-electron chi connectivity index (χ4n) is 4.47. The van der Waals surface area contributed by atoms with Crippen molar-refractivity contribution in [3.8, 4) is 5.75 Å². The van der Waals surface area contributed by atoms with Crippen molar-refractivity contribution >= 4 is 23.5 Å². The minimum atomic E-state index is -0.464. The van der Waals surface area contributed by atoms with E-state index in [1.54, 1.807) is 24.3 Å². The molecule has 8 heteroatoms. The standard InChI is InChI=1S/C25H33N5O3/c1-4-13-33-21-7-5-20(6-8-21)30-23(31)15-22(24(30)32)26-16-19-9-11-29(12-10-19)25-27-17(2)14-18(3)28-25/h5-8,14,19,22,26H,4,9-13,15-16H2,1-3H3/t22-/m1/s1. The molecule has 2 amide bonds. The monoisotopic (exact) mass is 451 g/mol. The number of imide groups is 1. The van der Waals surface area contributed by atoms with Gasteiger partial charge in [0.15, 0.2) is 0 Å². The van der Waals surface area contributed by atoms with Crippen LogP contribution in [0, 0.1) is 19.8 Å². The Balaban J connectivity index is 1.28. The maximum Gasteiger partial charge on any atom is 0.251 e. The summed E-state index contributed by atoms with van der Waals surface area (Å²) in [4.78, 5) is 38.2. The number of anilines is 2. The molecule has 1 aromatic carbocycles. The molecule has 176 valence electrons. The Bertz CT molecular complexity index is 966. The summed E-state index contributed by atoms with van der Waals surface area (Å²) >= 11 is 0. The number of aromatic nitrogens is 2. The molecule has 0 unspecified atom stereocenters. The van der Waals surface area contributed by atoms with E-state index in [2.05, 4.69) is 20.2 Å². The Morgan fingerprint density at radius 2 is 1.73 bits per heavy atom. The number of hydrogen-bond donors (Lipinski definition) is 1. The predicted octanol–water partition coefficient (Wildman–Crippen LogP) is 3.02. The smallest absolute Gasteiger partial charge is 0.251 e. The van der Waals surface area contributed by atoms with Gasteiger partial charge in [-0.3, -0.25) is 9.59 Å². The molecule has 2 aliphatic heterocycles. The summed E-state index contributed by atoms with van der Waals surface area (Å²) in [7, 11) is 0. The summed E-state index contributed by atoms with van der Waals surface area (Å²) in [5.74, 6) is 1.66. The molecule has 0 radical (unpaired) electrons. The lowest BCUT2D eigenvalue weighted by molar-refractivity contribution is -0.121. The van der Waals surface area contributed by atoms with E-state index in [0.29, 0.717) is 18.2 Å². The number of ether oxygens (including phenoxy) is 1. The maximum absolute atomic E-state index is 12.9. The molecule has 3 heterocycles. The largest absolute Gasteiger partial charge is 0.494 e. The number of benzene rings is 1. The van der Waals surface area contributed by atoms with Gasteiger partial charge in [-0.05, 0) is 75.9 Å². The van der Waals surface area contributed by atoms with Crippen LogP contribution in [0.4, 0.5) is 11.6 Å².